The van der Waals surface area contributed by atoms with E-state index in [-0.39, 0.29) is 12.5 Å². The molecule has 0 aliphatic rings. The Hall–Kier alpha value is -2.14. The molecular weight excluding hydrogens is 230 g/mol. The fourth-order valence-electron chi connectivity index (χ4n) is 1.72. The predicted octanol–water partition coefficient (Wildman–Crippen LogP) is 1.03. The maximum absolute atomic E-state index is 11.4. The fraction of sp³-hybridized carbons (Fsp3) is 0.231. The largest absolute Gasteiger partial charge is 0.392 e. The molecule has 18 heavy (non-hydrogen) atoms. The van der Waals surface area contributed by atoms with Crippen LogP contribution in [0.5, 0.6) is 0 Å². The van der Waals surface area contributed by atoms with Gasteiger partial charge in [-0.25, -0.2) is 4.68 Å². The van der Waals surface area contributed by atoms with Gasteiger partial charge in [0.25, 0.3) is 5.91 Å². The Balaban J connectivity index is 2.34. The predicted molar refractivity (Wildman–Crippen MR) is 67.6 cm³/mol. The smallest absolute Gasteiger partial charge is 0.271 e. The summed E-state index contributed by atoms with van der Waals surface area (Å²) in [6.07, 6.45) is 1.73. The van der Waals surface area contributed by atoms with Gasteiger partial charge in [-0.05, 0) is 36.2 Å². The van der Waals surface area contributed by atoms with E-state index >= 15 is 0 Å². The van der Waals surface area contributed by atoms with E-state index in [1.54, 1.807) is 24.0 Å². The summed E-state index contributed by atoms with van der Waals surface area (Å²) in [5, 5.41) is 15.8. The second-order valence-corrected chi connectivity index (χ2v) is 3.99. The molecule has 0 aliphatic carbocycles. The second-order valence-electron chi connectivity index (χ2n) is 3.99. The van der Waals surface area contributed by atoms with Gasteiger partial charge in [0.15, 0.2) is 5.69 Å². The number of nitrogens with one attached hydrogen (secondary N) is 1. The van der Waals surface area contributed by atoms with E-state index in [2.05, 4.69) is 10.4 Å². The van der Waals surface area contributed by atoms with Crippen LogP contribution in [-0.4, -0.2) is 27.8 Å². The van der Waals surface area contributed by atoms with Crippen molar-refractivity contribution in [2.45, 2.75) is 13.5 Å². The van der Waals surface area contributed by atoms with Crippen molar-refractivity contribution in [3.8, 4) is 5.69 Å². The molecule has 0 saturated heterocycles. The van der Waals surface area contributed by atoms with Crippen LogP contribution in [0.3, 0.4) is 0 Å². The van der Waals surface area contributed by atoms with E-state index in [0.29, 0.717) is 5.69 Å². The molecule has 0 fully saturated rings. The molecule has 1 amide bonds. The second kappa shape index (κ2) is 5.01. The molecule has 5 nitrogen and oxygen atoms in total. The van der Waals surface area contributed by atoms with Crippen molar-refractivity contribution in [1.29, 1.82) is 0 Å². The minimum atomic E-state index is -0.211. The fourth-order valence-corrected chi connectivity index (χ4v) is 1.72. The normalized spacial score (nSPS) is 10.4. The zero-order valence-corrected chi connectivity index (χ0v) is 10.3. The van der Waals surface area contributed by atoms with Gasteiger partial charge in [0.2, 0.25) is 0 Å². The third-order valence-electron chi connectivity index (χ3n) is 2.81. The van der Waals surface area contributed by atoms with Crippen LogP contribution in [0.25, 0.3) is 5.69 Å². The van der Waals surface area contributed by atoms with Gasteiger partial charge >= 0.3 is 0 Å². The molecule has 0 bridgehead atoms. The molecule has 2 N–H and O–H groups in total. The first-order valence-corrected chi connectivity index (χ1v) is 5.64. The van der Waals surface area contributed by atoms with Crippen LogP contribution in [-0.2, 0) is 6.61 Å². The van der Waals surface area contributed by atoms with Gasteiger partial charge in [-0.1, -0.05) is 6.07 Å². The number of nitrogens with zero attached hydrogens (tertiary/aromatic N) is 2. The average molecular weight is 245 g/mol. The monoisotopic (exact) mass is 245 g/mol. The Kier molecular flexibility index (Phi) is 3.43. The van der Waals surface area contributed by atoms with Gasteiger partial charge in [0.05, 0.1) is 12.3 Å². The van der Waals surface area contributed by atoms with Crippen LogP contribution in [0, 0.1) is 6.92 Å². The number of carbonyl (C=O) groups excluding carboxylic acids is 1. The summed E-state index contributed by atoms with van der Waals surface area (Å²) >= 11 is 0. The standard InChI is InChI=1S/C13H15N3O2/c1-9-7-11(4-3-10(9)8-17)16-6-5-12(15-16)13(18)14-2/h3-7,17H,8H2,1-2H3,(H,14,18). The molecule has 5 heteroatoms. The van der Waals surface area contributed by atoms with Crippen LogP contribution in [0.2, 0.25) is 0 Å². The molecule has 1 aromatic carbocycles. The first-order valence-electron chi connectivity index (χ1n) is 5.64. The van der Waals surface area contributed by atoms with Crippen LogP contribution in [0.1, 0.15) is 21.6 Å². The summed E-state index contributed by atoms with van der Waals surface area (Å²) in [5.74, 6) is -0.211. The molecule has 2 aromatic rings. The van der Waals surface area contributed by atoms with Gasteiger partial charge in [-0.15, -0.1) is 0 Å². The maximum atomic E-state index is 11.4. The molecule has 94 valence electrons. The maximum Gasteiger partial charge on any atom is 0.271 e. The van der Waals surface area contributed by atoms with Crippen LogP contribution in [0.15, 0.2) is 30.5 Å². The zero-order chi connectivity index (χ0) is 13.1. The van der Waals surface area contributed by atoms with Crippen LogP contribution >= 0.6 is 0 Å². The van der Waals surface area contributed by atoms with Crippen molar-refractivity contribution in [3.05, 3.63) is 47.3 Å². The molecule has 0 spiro atoms. The topological polar surface area (TPSA) is 67.2 Å². The van der Waals surface area contributed by atoms with E-state index in [0.717, 1.165) is 16.8 Å². The first-order chi connectivity index (χ1) is 8.65. The lowest BCUT2D eigenvalue weighted by atomic mass is 10.1. The van der Waals surface area contributed by atoms with E-state index in [4.69, 9.17) is 5.11 Å². The summed E-state index contributed by atoms with van der Waals surface area (Å²) in [6.45, 7) is 1.95. The number of carbonyl (C=O) groups is 1. The van der Waals surface area contributed by atoms with Gasteiger partial charge in [0.1, 0.15) is 0 Å². The van der Waals surface area contributed by atoms with Crippen molar-refractivity contribution >= 4 is 5.91 Å². The number of rotatable bonds is 3. The Morgan fingerprint density at radius 2 is 2.22 bits per heavy atom. The number of aliphatic hydroxyl groups excluding tert-OH is 1. The van der Waals surface area contributed by atoms with Crippen LogP contribution in [0.4, 0.5) is 0 Å². The van der Waals surface area contributed by atoms with Gasteiger partial charge in [-0.3, -0.25) is 4.79 Å². The van der Waals surface area contributed by atoms with E-state index in [9.17, 15) is 4.79 Å². The van der Waals surface area contributed by atoms with Gasteiger partial charge in [-0.2, -0.15) is 5.10 Å². The Bertz CT molecular complexity index is 575. The molecule has 0 radical (unpaired) electrons. The highest BCUT2D eigenvalue weighted by atomic mass is 16.3. The number of aliphatic hydroxyl groups is 1. The van der Waals surface area contributed by atoms with E-state index < -0.39 is 0 Å². The molecule has 0 atom stereocenters. The third-order valence-corrected chi connectivity index (χ3v) is 2.81. The average Bonchev–Trinajstić information content (AvgIpc) is 2.87. The van der Waals surface area contributed by atoms with Crippen molar-refractivity contribution in [2.24, 2.45) is 0 Å². The van der Waals surface area contributed by atoms with Gasteiger partial charge in [0, 0.05) is 13.2 Å². The lowest BCUT2D eigenvalue weighted by molar-refractivity contribution is 0.0957. The minimum absolute atomic E-state index is 0.0225. The summed E-state index contributed by atoms with van der Waals surface area (Å²) in [5.41, 5.74) is 3.12. The lowest BCUT2D eigenvalue weighted by Crippen LogP contribution is -2.18. The first kappa shape index (κ1) is 12.3. The van der Waals surface area contributed by atoms with E-state index in [1.807, 2.05) is 25.1 Å². The highest BCUT2D eigenvalue weighted by Gasteiger charge is 2.08. The number of benzene rings is 1. The summed E-state index contributed by atoms with van der Waals surface area (Å²) in [4.78, 5) is 11.4. The summed E-state index contributed by atoms with van der Waals surface area (Å²) in [7, 11) is 1.57. The molecule has 0 saturated carbocycles. The van der Waals surface area contributed by atoms with Crippen molar-refractivity contribution in [1.82, 2.24) is 15.1 Å². The van der Waals surface area contributed by atoms with Gasteiger partial charge < -0.3 is 10.4 Å². The molecule has 1 aromatic heterocycles. The molecule has 0 unspecified atom stereocenters. The lowest BCUT2D eigenvalue weighted by Gasteiger charge is -2.06. The molecular formula is C13H15N3O2. The number of hydrogen-bond donors (Lipinski definition) is 2. The number of aromatic nitrogens is 2. The minimum Gasteiger partial charge on any atom is -0.392 e. The highest BCUT2D eigenvalue weighted by molar-refractivity contribution is 5.91. The summed E-state index contributed by atoms with van der Waals surface area (Å²) < 4.78 is 1.64. The molecule has 2 rings (SSSR count). The molecule has 1 heterocycles. The van der Waals surface area contributed by atoms with Crippen molar-refractivity contribution in [2.75, 3.05) is 7.05 Å². The SMILES string of the molecule is CNC(=O)c1ccn(-c2ccc(CO)c(C)c2)n1. The van der Waals surface area contributed by atoms with E-state index in [1.165, 1.54) is 0 Å². The Morgan fingerprint density at radius 1 is 1.44 bits per heavy atom. The van der Waals surface area contributed by atoms with Crippen molar-refractivity contribution < 1.29 is 9.90 Å². The zero-order valence-electron chi connectivity index (χ0n) is 10.3. The Morgan fingerprint density at radius 3 is 2.83 bits per heavy atom. The number of aryl methyl sites for hydroxylation is 1. The quantitative estimate of drug-likeness (QED) is 0.848. The van der Waals surface area contributed by atoms with Crippen molar-refractivity contribution in [3.63, 3.8) is 0 Å². The highest BCUT2D eigenvalue weighted by Crippen LogP contribution is 2.14. The number of amides is 1. The molecule has 0 aliphatic heterocycles. The third kappa shape index (κ3) is 2.26. The Labute approximate surface area is 105 Å². The van der Waals surface area contributed by atoms with Crippen LogP contribution < -0.4 is 5.32 Å². The summed E-state index contributed by atoms with van der Waals surface area (Å²) in [6, 6.07) is 7.30. The number of hydrogen-bond acceptors (Lipinski definition) is 3.